The summed E-state index contributed by atoms with van der Waals surface area (Å²) in [6, 6.07) is 4.75. The Hall–Kier alpha value is -3.04. The molecule has 0 aliphatic heterocycles. The lowest BCUT2D eigenvalue weighted by molar-refractivity contribution is 0.0994. The third kappa shape index (κ3) is 5.56. The normalized spacial score (nSPS) is 10.7. The van der Waals surface area contributed by atoms with Crippen molar-refractivity contribution in [2.45, 2.75) is 26.7 Å². The van der Waals surface area contributed by atoms with E-state index in [1.165, 1.54) is 11.3 Å². The molecule has 2 amide bonds. The number of carbonyl (C=O) groups is 2. The highest BCUT2D eigenvalue weighted by atomic mass is 35.5. The molecular weight excluding hydrogens is 440 g/mol. The smallest absolute Gasteiger partial charge is 0.265 e. The molecule has 0 saturated carbocycles. The maximum absolute atomic E-state index is 12.8. The number of H-pyrrole nitrogens is 1. The summed E-state index contributed by atoms with van der Waals surface area (Å²) < 4.78 is 11.4. The van der Waals surface area contributed by atoms with Gasteiger partial charge in [-0.25, -0.2) is 4.98 Å². The van der Waals surface area contributed by atoms with Crippen LogP contribution in [0.25, 0.3) is 11.3 Å². The van der Waals surface area contributed by atoms with Crippen LogP contribution < -0.4 is 20.5 Å². The van der Waals surface area contributed by atoms with E-state index in [1.54, 1.807) is 29.8 Å². The van der Waals surface area contributed by atoms with Crippen LogP contribution in [0.5, 0.6) is 11.5 Å². The summed E-state index contributed by atoms with van der Waals surface area (Å²) in [5.41, 5.74) is 7.17. The van der Waals surface area contributed by atoms with Gasteiger partial charge in [-0.3, -0.25) is 14.9 Å². The van der Waals surface area contributed by atoms with Gasteiger partial charge in [-0.2, -0.15) is 0 Å². The topological polar surface area (TPSA) is 119 Å². The second kappa shape index (κ2) is 10.3. The number of unbranched alkanes of at least 4 members (excludes halogenated alkanes) is 1. The largest absolute Gasteiger partial charge is 0.490 e. The third-order valence-corrected chi connectivity index (χ3v) is 5.32. The molecule has 164 valence electrons. The summed E-state index contributed by atoms with van der Waals surface area (Å²) in [7, 11) is 0. The van der Waals surface area contributed by atoms with Gasteiger partial charge in [0.15, 0.2) is 16.6 Å². The van der Waals surface area contributed by atoms with Gasteiger partial charge in [0.05, 0.1) is 23.9 Å². The zero-order valence-corrected chi connectivity index (χ0v) is 18.7. The maximum Gasteiger partial charge on any atom is 0.265 e. The molecular formula is C21H23ClN4O4S. The van der Waals surface area contributed by atoms with Gasteiger partial charge in [0, 0.05) is 22.7 Å². The van der Waals surface area contributed by atoms with Crippen LogP contribution in [-0.4, -0.2) is 35.0 Å². The molecule has 3 rings (SSSR count). The van der Waals surface area contributed by atoms with E-state index >= 15 is 0 Å². The van der Waals surface area contributed by atoms with E-state index in [0.29, 0.717) is 51.7 Å². The molecule has 31 heavy (non-hydrogen) atoms. The molecule has 0 spiro atoms. The quantitative estimate of drug-likeness (QED) is 0.376. The third-order valence-electron chi connectivity index (χ3n) is 4.28. The molecule has 0 radical (unpaired) electrons. The van der Waals surface area contributed by atoms with Crippen molar-refractivity contribution < 1.29 is 19.1 Å². The molecule has 2 aromatic heterocycles. The predicted octanol–water partition coefficient (Wildman–Crippen LogP) is 4.72. The summed E-state index contributed by atoms with van der Waals surface area (Å²) in [5, 5.41) is 5.23. The lowest BCUT2D eigenvalue weighted by Gasteiger charge is -2.15. The molecule has 0 aliphatic rings. The van der Waals surface area contributed by atoms with Gasteiger partial charge >= 0.3 is 0 Å². The molecule has 8 nitrogen and oxygen atoms in total. The van der Waals surface area contributed by atoms with Crippen molar-refractivity contribution >= 4 is 39.9 Å². The summed E-state index contributed by atoms with van der Waals surface area (Å²) in [4.78, 5) is 31.2. The van der Waals surface area contributed by atoms with Crippen molar-refractivity contribution in [1.29, 1.82) is 0 Å². The summed E-state index contributed by atoms with van der Waals surface area (Å²) in [6.45, 7) is 4.84. The highest BCUT2D eigenvalue weighted by Gasteiger charge is 2.18. The first-order valence-electron chi connectivity index (χ1n) is 9.77. The Labute approximate surface area is 188 Å². The van der Waals surface area contributed by atoms with Gasteiger partial charge in [-0.15, -0.1) is 11.3 Å². The number of nitrogens with zero attached hydrogens (tertiary/aromatic N) is 1. The summed E-state index contributed by atoms with van der Waals surface area (Å²) >= 11 is 7.63. The van der Waals surface area contributed by atoms with Crippen LogP contribution in [0.15, 0.2) is 29.8 Å². The first-order valence-corrected chi connectivity index (χ1v) is 11.0. The fraction of sp³-hybridized carbons (Fsp3) is 0.286. The number of hydrogen-bond acceptors (Lipinski definition) is 6. The van der Waals surface area contributed by atoms with Crippen molar-refractivity contribution in [1.82, 2.24) is 9.97 Å². The van der Waals surface area contributed by atoms with Gasteiger partial charge < -0.3 is 20.2 Å². The number of ether oxygens (including phenoxy) is 2. The first-order chi connectivity index (χ1) is 14.9. The van der Waals surface area contributed by atoms with Crippen molar-refractivity contribution in [2.24, 2.45) is 5.73 Å². The van der Waals surface area contributed by atoms with Crippen molar-refractivity contribution in [3.05, 3.63) is 46.1 Å². The molecule has 3 aromatic rings. The Morgan fingerprint density at radius 3 is 2.74 bits per heavy atom. The number of thiazole rings is 1. The van der Waals surface area contributed by atoms with E-state index in [9.17, 15) is 9.59 Å². The Balaban J connectivity index is 1.76. The molecule has 0 unspecified atom stereocenters. The number of aromatic amines is 1. The van der Waals surface area contributed by atoms with Gasteiger partial charge in [0.1, 0.15) is 5.69 Å². The summed E-state index contributed by atoms with van der Waals surface area (Å²) in [6.07, 6.45) is 3.51. The fourth-order valence-electron chi connectivity index (χ4n) is 2.74. The average Bonchev–Trinajstić information content (AvgIpc) is 3.39. The molecule has 1 aromatic carbocycles. The maximum atomic E-state index is 12.8. The number of primary amides is 1. The fourth-order valence-corrected chi connectivity index (χ4v) is 3.72. The standard InChI is InChI=1S/C21H23ClN4O4S/c1-3-5-6-30-18-14(22)7-12(9-17(18)29-4-2)20(28)26-21-25-16(11-31-21)13-8-15(19(23)27)24-10-13/h7-11,24H,3-6H2,1-2H3,(H2,23,27)(H,25,26,28). The summed E-state index contributed by atoms with van der Waals surface area (Å²) in [5.74, 6) is -0.0833. The number of aromatic nitrogens is 2. The minimum Gasteiger partial charge on any atom is -0.490 e. The molecule has 0 saturated heterocycles. The van der Waals surface area contributed by atoms with E-state index in [-0.39, 0.29) is 11.6 Å². The van der Waals surface area contributed by atoms with Crippen LogP contribution in [0.1, 0.15) is 47.5 Å². The highest BCUT2D eigenvalue weighted by molar-refractivity contribution is 7.14. The van der Waals surface area contributed by atoms with Crippen LogP contribution in [0.3, 0.4) is 0 Å². The van der Waals surface area contributed by atoms with Crippen LogP contribution in [0.2, 0.25) is 5.02 Å². The number of hydrogen-bond donors (Lipinski definition) is 3. The number of halogens is 1. The zero-order chi connectivity index (χ0) is 22.4. The number of benzene rings is 1. The Morgan fingerprint density at radius 1 is 1.26 bits per heavy atom. The van der Waals surface area contributed by atoms with Gasteiger partial charge in [0.2, 0.25) is 0 Å². The van der Waals surface area contributed by atoms with E-state index in [1.807, 2.05) is 6.92 Å². The molecule has 0 bridgehead atoms. The number of amides is 2. The van der Waals surface area contributed by atoms with Crippen LogP contribution in [-0.2, 0) is 0 Å². The van der Waals surface area contributed by atoms with Crippen LogP contribution >= 0.6 is 22.9 Å². The molecule has 0 fully saturated rings. The van der Waals surface area contributed by atoms with Crippen LogP contribution in [0, 0.1) is 0 Å². The Kier molecular flexibility index (Phi) is 7.54. The SMILES string of the molecule is CCCCOc1c(Cl)cc(C(=O)Nc2nc(-c3c[nH]c(C(N)=O)c3)cs2)cc1OCC. The molecule has 0 aliphatic carbocycles. The van der Waals surface area contributed by atoms with E-state index in [0.717, 1.165) is 12.8 Å². The Morgan fingerprint density at radius 2 is 2.06 bits per heavy atom. The second-order valence-electron chi connectivity index (χ2n) is 6.58. The van der Waals surface area contributed by atoms with Crippen molar-refractivity contribution in [3.63, 3.8) is 0 Å². The average molecular weight is 463 g/mol. The lowest BCUT2D eigenvalue weighted by atomic mass is 10.2. The van der Waals surface area contributed by atoms with E-state index < -0.39 is 5.91 Å². The predicted molar refractivity (Wildman–Crippen MR) is 121 cm³/mol. The monoisotopic (exact) mass is 462 g/mol. The first kappa shape index (κ1) is 22.6. The lowest BCUT2D eigenvalue weighted by Crippen LogP contribution is -2.12. The number of carbonyl (C=O) groups excluding carboxylic acids is 2. The van der Waals surface area contributed by atoms with E-state index in [4.69, 9.17) is 26.8 Å². The molecule has 4 N–H and O–H groups in total. The van der Waals surface area contributed by atoms with Gasteiger partial charge in [-0.05, 0) is 31.5 Å². The zero-order valence-electron chi connectivity index (χ0n) is 17.2. The van der Waals surface area contributed by atoms with E-state index in [2.05, 4.69) is 22.2 Å². The molecule has 10 heteroatoms. The number of rotatable bonds is 10. The van der Waals surface area contributed by atoms with Crippen molar-refractivity contribution in [2.75, 3.05) is 18.5 Å². The molecule has 0 atom stereocenters. The minimum atomic E-state index is -0.556. The number of nitrogens with one attached hydrogen (secondary N) is 2. The molecule has 2 heterocycles. The van der Waals surface area contributed by atoms with Crippen LogP contribution in [0.4, 0.5) is 5.13 Å². The number of anilines is 1. The van der Waals surface area contributed by atoms with Gasteiger partial charge in [-0.1, -0.05) is 24.9 Å². The van der Waals surface area contributed by atoms with Gasteiger partial charge in [0.25, 0.3) is 11.8 Å². The Bertz CT molecular complexity index is 1080. The number of nitrogens with two attached hydrogens (primary N) is 1. The van der Waals surface area contributed by atoms with Crippen molar-refractivity contribution in [3.8, 4) is 22.8 Å². The second-order valence-corrected chi connectivity index (χ2v) is 7.84. The minimum absolute atomic E-state index is 0.285. The highest BCUT2D eigenvalue weighted by Crippen LogP contribution is 2.37.